The number of carbonyl (C=O) groups excluding carboxylic acids is 6. The van der Waals surface area contributed by atoms with E-state index in [2.05, 4.69) is 70.1 Å². The summed E-state index contributed by atoms with van der Waals surface area (Å²) in [5.41, 5.74) is 2.05. The third-order valence-electron chi connectivity index (χ3n) is 26.4. The van der Waals surface area contributed by atoms with Gasteiger partial charge in [0.15, 0.2) is 51.8 Å². The number of ether oxygens (including phenoxy) is 10. The highest BCUT2D eigenvalue weighted by molar-refractivity contribution is 6.27. The summed E-state index contributed by atoms with van der Waals surface area (Å²) in [5, 5.41) is 53.3. The number of aliphatic hydroxyl groups is 2. The Morgan fingerprint density at radius 2 is 0.698 bits per heavy atom. The molecule has 10 aliphatic rings. The van der Waals surface area contributed by atoms with Crippen LogP contribution in [0.15, 0.2) is 91.2 Å². The molecule has 0 unspecified atom stereocenters. The lowest BCUT2D eigenvalue weighted by molar-refractivity contribution is -0.143. The van der Waals surface area contributed by atoms with Gasteiger partial charge in [-0.15, -0.1) is 0 Å². The predicted molar refractivity (Wildman–Crippen MR) is 568 cm³/mol. The van der Waals surface area contributed by atoms with Crippen LogP contribution in [-0.4, -0.2) is 335 Å². The molecule has 830 valence electrons. The van der Waals surface area contributed by atoms with Gasteiger partial charge >= 0.3 is 35.3 Å². The molecule has 7 aromatic rings. The van der Waals surface area contributed by atoms with E-state index in [1.165, 1.54) is 97.9 Å². The van der Waals surface area contributed by atoms with Crippen molar-refractivity contribution >= 4 is 65.1 Å². The summed E-state index contributed by atoms with van der Waals surface area (Å²) in [6, 6.07) is 21.6. The summed E-state index contributed by atoms with van der Waals surface area (Å²) in [6.45, 7) is 28.7. The molecule has 0 radical (unpaired) electrons. The van der Waals surface area contributed by atoms with Crippen molar-refractivity contribution in [3.05, 3.63) is 94.3 Å². The Labute approximate surface area is 882 Å². The Bertz CT molecular complexity index is 5080. The van der Waals surface area contributed by atoms with Crippen molar-refractivity contribution in [2.45, 2.75) is 221 Å². The number of aromatic amines is 1. The van der Waals surface area contributed by atoms with E-state index in [0.29, 0.717) is 155 Å². The summed E-state index contributed by atoms with van der Waals surface area (Å²) < 4.78 is 66.4. The van der Waals surface area contributed by atoms with Crippen LogP contribution in [0.1, 0.15) is 215 Å². The van der Waals surface area contributed by atoms with Crippen LogP contribution < -0.4 is 64.5 Å². The highest BCUT2D eigenvalue weighted by atomic mass is 35.5. The van der Waals surface area contributed by atoms with Crippen LogP contribution in [0.5, 0.6) is 46.0 Å². The monoisotopic (exact) mass is 2110 g/mol. The number of hydrogen-bond acceptors (Lipinski definition) is 33. The number of carboxylic acids is 1. The third kappa shape index (κ3) is 41.3. The number of nitrogens with one attached hydrogen (secondary N) is 5. The van der Waals surface area contributed by atoms with Crippen molar-refractivity contribution < 1.29 is 110 Å². The predicted octanol–water partition coefficient (Wildman–Crippen LogP) is 14.9. The zero-order valence-electron chi connectivity index (χ0n) is 89.5. The molecule has 10 saturated heterocycles. The molecule has 0 spiro atoms. The van der Waals surface area contributed by atoms with Crippen molar-refractivity contribution in [1.82, 2.24) is 75.8 Å². The van der Waals surface area contributed by atoms with E-state index in [0.717, 1.165) is 187 Å². The smallest absolute Gasteiger partial charge is 0.439 e. The Kier molecular flexibility index (Phi) is 54.7. The topological polar surface area (TPSA) is 492 Å². The number of likely N-dealkylation sites (tertiary alicyclic amines) is 6. The van der Waals surface area contributed by atoms with Gasteiger partial charge in [-0.3, -0.25) is 33.5 Å². The Morgan fingerprint density at radius 1 is 0.383 bits per heavy atom. The van der Waals surface area contributed by atoms with Gasteiger partial charge in [-0.25, -0.2) is 14.4 Å². The molecule has 6 amide bonds. The number of piperidine rings is 10. The van der Waals surface area contributed by atoms with Gasteiger partial charge in [0.05, 0.1) is 75.1 Å². The molecular formula is C107H166ClN17O24. The lowest BCUT2D eigenvalue weighted by atomic mass is 9.94. The number of hydrogen-bond donors (Lipinski definition) is 8. The van der Waals surface area contributed by atoms with Crippen molar-refractivity contribution in [2.75, 3.05) is 206 Å². The molecule has 0 saturated carbocycles. The number of carboxylic acid groups (broad SMARTS) is 1. The Hall–Kier alpha value is -12.0. The summed E-state index contributed by atoms with van der Waals surface area (Å²) in [7, 11) is 13.5. The number of nitrogens with zero attached hydrogens (tertiary/aromatic N) is 12. The molecular weight excluding hydrogens is 1940 g/mol. The first kappa shape index (κ1) is 124. The van der Waals surface area contributed by atoms with Gasteiger partial charge in [0.1, 0.15) is 11.2 Å². The van der Waals surface area contributed by atoms with Crippen LogP contribution in [0.25, 0.3) is 34.2 Å². The molecule has 0 aliphatic carbocycles. The second-order valence-electron chi connectivity index (χ2n) is 39.1. The zero-order chi connectivity index (χ0) is 108. The molecule has 0 bridgehead atoms. The molecule has 41 nitrogen and oxygen atoms in total. The first-order valence-electron chi connectivity index (χ1n) is 51.9. The van der Waals surface area contributed by atoms with Crippen LogP contribution in [0.4, 0.5) is 15.6 Å². The van der Waals surface area contributed by atoms with Crippen LogP contribution >= 0.6 is 11.6 Å². The van der Waals surface area contributed by atoms with Crippen LogP contribution in [0.3, 0.4) is 0 Å². The van der Waals surface area contributed by atoms with E-state index in [1.54, 1.807) is 107 Å². The van der Waals surface area contributed by atoms with Gasteiger partial charge in [-0.2, -0.15) is 9.97 Å². The summed E-state index contributed by atoms with van der Waals surface area (Å²) >= 11 is 5.55. The van der Waals surface area contributed by atoms with Crippen molar-refractivity contribution in [2.24, 2.45) is 29.6 Å². The van der Waals surface area contributed by atoms with E-state index in [9.17, 15) is 38.4 Å². The molecule has 4 aromatic carbocycles. The van der Waals surface area contributed by atoms with Crippen LogP contribution in [-0.2, 0) is 33.4 Å². The first-order chi connectivity index (χ1) is 71.3. The Balaban J connectivity index is 0.000000230. The number of aliphatic carboxylic acids is 1. The fraction of sp³-hybridized carbons (Fsp3) is 0.645. The van der Waals surface area contributed by atoms with Gasteiger partial charge in [0, 0.05) is 145 Å². The lowest BCUT2D eigenvalue weighted by Crippen LogP contribution is -2.46. The molecule has 0 atom stereocenters. The average molecular weight is 2110 g/mol. The minimum Gasteiger partial charge on any atom is -0.493 e. The van der Waals surface area contributed by atoms with Gasteiger partial charge in [-0.05, 0) is 319 Å². The number of aliphatic hydroxyl groups excluding tert-OH is 2. The van der Waals surface area contributed by atoms with Crippen molar-refractivity contribution in [3.63, 3.8) is 0 Å². The van der Waals surface area contributed by atoms with Crippen molar-refractivity contribution in [1.29, 1.82) is 5.41 Å². The number of methoxy groups -OCH3 is 8. The first-order valence-corrected chi connectivity index (χ1v) is 52.3. The highest BCUT2D eigenvalue weighted by Crippen LogP contribution is 2.37. The van der Waals surface area contributed by atoms with Crippen molar-refractivity contribution in [3.8, 4) is 80.2 Å². The van der Waals surface area contributed by atoms with Gasteiger partial charge < -0.3 is 127 Å². The Morgan fingerprint density at radius 3 is 1.01 bits per heavy atom. The van der Waals surface area contributed by atoms with Gasteiger partial charge in [0.25, 0.3) is 0 Å². The number of benzene rings is 4. The fourth-order valence-electron chi connectivity index (χ4n) is 18.2. The maximum absolute atomic E-state index is 12.7. The van der Waals surface area contributed by atoms with E-state index in [-0.39, 0.29) is 55.0 Å². The molecule has 3 aromatic heterocycles. The fourth-order valence-corrected chi connectivity index (χ4v) is 18.3. The molecule has 17 rings (SSSR count). The largest absolute Gasteiger partial charge is 0.493 e. The highest BCUT2D eigenvalue weighted by Gasteiger charge is 2.37. The van der Waals surface area contributed by atoms with E-state index in [4.69, 9.17) is 84.2 Å². The number of rotatable bonds is 19. The van der Waals surface area contributed by atoms with Gasteiger partial charge in [-0.1, -0.05) is 29.3 Å². The van der Waals surface area contributed by atoms with Crippen LogP contribution in [0, 0.1) is 35.0 Å². The second kappa shape index (κ2) is 65.8. The minimum absolute atomic E-state index is 0. The van der Waals surface area contributed by atoms with E-state index < -0.39 is 22.9 Å². The zero-order valence-corrected chi connectivity index (χ0v) is 90.3. The second-order valence-corrected chi connectivity index (χ2v) is 39.4. The SMILES string of the molecule is C.C1CCNCC1.CC(C)(C)OC(=O)N1CCC(C(=O)N2CCCCC2)CC1.CC(C)(C)OC(=O)N1CCC(C(=O)O)CC1.CO.COc1ccc(-c2noc(=O)[nH]2)cc1OC.COc1ccc(-c2noc(Cl)n2)cc1OC.COc1ccc(-c2noc(N3CCC(C(=O)N4CCCCC4)CC3)n2)cc1OC.COc1ccc(C(=N)CO)cc1OC.O=C(C1CCNCC1)N1CCCCC1.O=C(C1CCNCC1)N1CCCCC1. The maximum atomic E-state index is 12.7. The quantitative estimate of drug-likeness (QED) is 0.0349. The maximum Gasteiger partial charge on any atom is 0.439 e. The number of aromatic nitrogens is 6. The molecule has 149 heavy (non-hydrogen) atoms. The molecule has 13 heterocycles. The molecule has 10 fully saturated rings. The number of anilines is 1. The van der Waals surface area contributed by atoms with E-state index in [1.807, 2.05) is 69.5 Å². The van der Waals surface area contributed by atoms with Crippen LogP contribution in [0.2, 0.25) is 5.35 Å². The lowest BCUT2D eigenvalue weighted by Gasteiger charge is -2.36. The number of carbonyl (C=O) groups is 7. The van der Waals surface area contributed by atoms with Gasteiger partial charge in [0.2, 0.25) is 35.3 Å². The summed E-state index contributed by atoms with van der Waals surface area (Å²) in [4.78, 5) is 119. The molecule has 10 aliphatic heterocycles. The standard InChI is InChI=1S/C21H28N4O4.C16H28N2O3.2C11H20N2O.C11H19NO4.C10H9ClN2O3.C10H10N2O4.C10H13NO3.C5H11N.CH4O.CH4/c1-27-17-7-6-16(14-18(17)28-2)19-22-21(29-23-19)25-12-8-15(9-13-25)20(26)24-10-4-3-5-11-24;1-16(2,3)21-15(20)18-11-7-13(8-12-18)14(19)17-9-5-4-6-10-17;2*14-11(10-4-6-12-7-5-10)13-8-2-1-3-9-13;1-11(2,3)16-10(15)12-6-4-8(5-7-12)9(13)14;1-14-7-4-3-6(5-8(7)15-2)9-12-10(11)16-13-9;1-14-7-4-3-6(5-8(7)15-2)9-11-10(13)16-12-9;1-13-9-4-3-7(8(11)6-12)5-10(9)14-2;1-2-4-6-5-3-1;1-2;/h6-7,14-15H,3-5,8-13H2,1-2H3;13H,4-12H2,1-3H3;2*10,12H,1-9H2;8H,4-7H2,1-3H3,(H,13,14);3-5H,1-2H3;3-5H,1-2H3,(H,11,12,13);3-5,11-12H,6H2,1-2H3;6H,1-5H2;2H,1H3;1H4. The third-order valence-corrected chi connectivity index (χ3v) is 26.6. The summed E-state index contributed by atoms with van der Waals surface area (Å²) in [6.07, 6.45) is 26.3. The number of amides is 6. The molecule has 42 heteroatoms. The normalized spacial score (nSPS) is 17.3. The number of H-pyrrole nitrogens is 1. The van der Waals surface area contributed by atoms with E-state index >= 15 is 0 Å². The number of halogens is 1. The average Bonchev–Trinajstić information content (AvgIpc) is 1.75. The summed E-state index contributed by atoms with van der Waals surface area (Å²) in [5.74, 6) is 6.71. The minimum atomic E-state index is -0.774. The molecule has 8 N–H and O–H groups in total.